The van der Waals surface area contributed by atoms with E-state index in [-0.39, 0.29) is 5.82 Å². The molecule has 3 heteroatoms. The third-order valence-electron chi connectivity index (χ3n) is 2.17. The number of hydrogen-bond donors (Lipinski definition) is 1. The highest BCUT2D eigenvalue weighted by atomic mass is 32.1. The van der Waals surface area contributed by atoms with Gasteiger partial charge >= 0.3 is 0 Å². The SMILES string of the molecule is CCc1cc2c(F)csc2cc1N. The van der Waals surface area contributed by atoms with Crippen molar-refractivity contribution in [1.29, 1.82) is 0 Å². The zero-order chi connectivity index (χ0) is 9.42. The number of thiophene rings is 1. The minimum atomic E-state index is -0.144. The van der Waals surface area contributed by atoms with Crippen molar-refractivity contribution in [2.75, 3.05) is 5.73 Å². The fraction of sp³-hybridized carbons (Fsp3) is 0.200. The standard InChI is InChI=1S/C10H10FNS/c1-2-6-3-7-8(11)5-13-10(7)4-9(6)12/h3-5H,2,12H2,1H3. The Morgan fingerprint density at radius 1 is 1.46 bits per heavy atom. The van der Waals surface area contributed by atoms with Gasteiger partial charge in [0.15, 0.2) is 0 Å². The van der Waals surface area contributed by atoms with Gasteiger partial charge in [-0.05, 0) is 24.1 Å². The first-order valence-electron chi connectivity index (χ1n) is 4.17. The van der Waals surface area contributed by atoms with Crippen LogP contribution < -0.4 is 5.73 Å². The summed E-state index contributed by atoms with van der Waals surface area (Å²) in [5.74, 6) is -0.144. The van der Waals surface area contributed by atoms with Crippen LogP contribution in [-0.2, 0) is 6.42 Å². The average molecular weight is 195 g/mol. The summed E-state index contributed by atoms with van der Waals surface area (Å²) in [7, 11) is 0. The molecule has 2 rings (SSSR count). The predicted molar refractivity (Wildman–Crippen MR) is 55.6 cm³/mol. The molecule has 1 heterocycles. The first kappa shape index (κ1) is 8.51. The van der Waals surface area contributed by atoms with Crippen LogP contribution in [0.5, 0.6) is 0 Å². The van der Waals surface area contributed by atoms with Gasteiger partial charge in [0, 0.05) is 21.2 Å². The second-order valence-corrected chi connectivity index (χ2v) is 3.90. The molecule has 2 N–H and O–H groups in total. The average Bonchev–Trinajstić information content (AvgIpc) is 2.46. The van der Waals surface area contributed by atoms with Crippen LogP contribution in [0.4, 0.5) is 10.1 Å². The van der Waals surface area contributed by atoms with Crippen LogP contribution in [0.1, 0.15) is 12.5 Å². The lowest BCUT2D eigenvalue weighted by atomic mass is 10.1. The van der Waals surface area contributed by atoms with Crippen molar-refractivity contribution in [3.05, 3.63) is 28.9 Å². The van der Waals surface area contributed by atoms with E-state index in [2.05, 4.69) is 0 Å². The highest BCUT2D eigenvalue weighted by molar-refractivity contribution is 7.17. The lowest BCUT2D eigenvalue weighted by molar-refractivity contribution is 0.644. The maximum atomic E-state index is 13.2. The number of rotatable bonds is 1. The summed E-state index contributed by atoms with van der Waals surface area (Å²) in [5.41, 5.74) is 7.57. The molecule has 2 aromatic rings. The van der Waals surface area contributed by atoms with Crippen LogP contribution >= 0.6 is 11.3 Å². The summed E-state index contributed by atoms with van der Waals surface area (Å²) in [4.78, 5) is 0. The third kappa shape index (κ3) is 1.29. The normalized spacial score (nSPS) is 10.9. The van der Waals surface area contributed by atoms with Crippen molar-refractivity contribution in [3.63, 3.8) is 0 Å². The predicted octanol–water partition coefficient (Wildman–Crippen LogP) is 3.19. The molecule has 0 saturated heterocycles. The molecule has 1 nitrogen and oxygen atoms in total. The molecule has 0 aliphatic heterocycles. The Morgan fingerprint density at radius 2 is 2.23 bits per heavy atom. The van der Waals surface area contributed by atoms with Gasteiger partial charge in [-0.15, -0.1) is 11.3 Å². The number of hydrogen-bond acceptors (Lipinski definition) is 2. The van der Waals surface area contributed by atoms with Crippen LogP contribution in [0.3, 0.4) is 0 Å². The van der Waals surface area contributed by atoms with E-state index in [4.69, 9.17) is 5.73 Å². The van der Waals surface area contributed by atoms with Gasteiger partial charge in [-0.25, -0.2) is 4.39 Å². The number of nitrogen functional groups attached to an aromatic ring is 1. The fourth-order valence-electron chi connectivity index (χ4n) is 1.41. The summed E-state index contributed by atoms with van der Waals surface area (Å²) < 4.78 is 14.1. The smallest absolute Gasteiger partial charge is 0.141 e. The molecule has 0 fully saturated rings. The zero-order valence-electron chi connectivity index (χ0n) is 7.30. The zero-order valence-corrected chi connectivity index (χ0v) is 8.12. The van der Waals surface area contributed by atoms with E-state index in [0.717, 1.165) is 22.4 Å². The molecule has 0 unspecified atom stereocenters. The summed E-state index contributed by atoms with van der Waals surface area (Å²) in [5, 5.41) is 2.21. The monoisotopic (exact) mass is 195 g/mol. The first-order valence-corrected chi connectivity index (χ1v) is 5.05. The van der Waals surface area contributed by atoms with Gasteiger partial charge in [0.2, 0.25) is 0 Å². The largest absolute Gasteiger partial charge is 0.398 e. The molecule has 0 atom stereocenters. The van der Waals surface area contributed by atoms with E-state index < -0.39 is 0 Å². The number of nitrogens with two attached hydrogens (primary N) is 1. The Bertz CT molecular complexity index is 447. The molecular weight excluding hydrogens is 185 g/mol. The highest BCUT2D eigenvalue weighted by Gasteiger charge is 2.06. The highest BCUT2D eigenvalue weighted by Crippen LogP contribution is 2.29. The molecule has 0 bridgehead atoms. The summed E-state index contributed by atoms with van der Waals surface area (Å²) in [6.07, 6.45) is 0.844. The Hall–Kier alpha value is -1.09. The van der Waals surface area contributed by atoms with Crippen molar-refractivity contribution >= 4 is 27.1 Å². The summed E-state index contributed by atoms with van der Waals surface area (Å²) in [6.45, 7) is 2.02. The Kier molecular flexibility index (Phi) is 1.96. The van der Waals surface area contributed by atoms with E-state index in [1.54, 1.807) is 0 Å². The third-order valence-corrected chi connectivity index (χ3v) is 3.09. The van der Waals surface area contributed by atoms with Gasteiger partial charge in [-0.1, -0.05) is 6.92 Å². The number of halogens is 1. The maximum Gasteiger partial charge on any atom is 0.141 e. The van der Waals surface area contributed by atoms with Crippen LogP contribution in [0.25, 0.3) is 10.1 Å². The molecule has 0 aliphatic rings. The fourth-order valence-corrected chi connectivity index (χ4v) is 2.25. The minimum absolute atomic E-state index is 0.144. The van der Waals surface area contributed by atoms with E-state index in [1.165, 1.54) is 16.7 Å². The Labute approximate surface area is 80.0 Å². The lowest BCUT2D eigenvalue weighted by Gasteiger charge is -2.02. The van der Waals surface area contributed by atoms with Crippen LogP contribution in [-0.4, -0.2) is 0 Å². The molecule has 0 aliphatic carbocycles. The van der Waals surface area contributed by atoms with E-state index in [1.807, 2.05) is 19.1 Å². The number of anilines is 1. The molecule has 68 valence electrons. The summed E-state index contributed by atoms with van der Waals surface area (Å²) in [6, 6.07) is 3.69. The molecule has 0 amide bonds. The molecule has 13 heavy (non-hydrogen) atoms. The van der Waals surface area contributed by atoms with Crippen molar-refractivity contribution in [2.45, 2.75) is 13.3 Å². The molecule has 0 saturated carbocycles. The van der Waals surface area contributed by atoms with Crippen LogP contribution in [0.15, 0.2) is 17.5 Å². The first-order chi connectivity index (χ1) is 6.22. The quantitative estimate of drug-likeness (QED) is 0.695. The van der Waals surface area contributed by atoms with Gasteiger partial charge in [0.25, 0.3) is 0 Å². The van der Waals surface area contributed by atoms with Gasteiger partial charge < -0.3 is 5.73 Å². The van der Waals surface area contributed by atoms with Crippen molar-refractivity contribution in [2.24, 2.45) is 0 Å². The van der Waals surface area contributed by atoms with Crippen LogP contribution in [0.2, 0.25) is 0 Å². The van der Waals surface area contributed by atoms with Gasteiger partial charge in [0.1, 0.15) is 5.82 Å². The molecule has 1 aromatic carbocycles. The van der Waals surface area contributed by atoms with E-state index in [0.29, 0.717) is 5.39 Å². The second kappa shape index (κ2) is 3.00. The van der Waals surface area contributed by atoms with Crippen molar-refractivity contribution in [3.8, 4) is 0 Å². The maximum absolute atomic E-state index is 13.2. The Balaban J connectivity index is 2.77. The second-order valence-electron chi connectivity index (χ2n) is 2.98. The topological polar surface area (TPSA) is 26.0 Å². The summed E-state index contributed by atoms with van der Waals surface area (Å²) >= 11 is 1.39. The van der Waals surface area contributed by atoms with Crippen molar-refractivity contribution in [1.82, 2.24) is 0 Å². The molecule has 1 aromatic heterocycles. The van der Waals surface area contributed by atoms with Gasteiger partial charge in [-0.2, -0.15) is 0 Å². The number of fused-ring (bicyclic) bond motifs is 1. The lowest BCUT2D eigenvalue weighted by Crippen LogP contribution is -1.91. The molecular formula is C10H10FNS. The Morgan fingerprint density at radius 3 is 2.92 bits per heavy atom. The van der Waals surface area contributed by atoms with E-state index >= 15 is 0 Å². The molecule has 0 radical (unpaired) electrons. The van der Waals surface area contributed by atoms with Gasteiger partial charge in [-0.3, -0.25) is 0 Å². The van der Waals surface area contributed by atoms with E-state index in [9.17, 15) is 4.39 Å². The molecule has 0 spiro atoms. The number of benzene rings is 1. The van der Waals surface area contributed by atoms with Gasteiger partial charge in [0.05, 0.1) is 0 Å². The van der Waals surface area contributed by atoms with Crippen LogP contribution in [0, 0.1) is 5.82 Å². The van der Waals surface area contributed by atoms with Crippen molar-refractivity contribution < 1.29 is 4.39 Å². The number of aryl methyl sites for hydroxylation is 1. The minimum Gasteiger partial charge on any atom is -0.398 e.